The fourth-order valence-corrected chi connectivity index (χ4v) is 6.13. The fraction of sp³-hybridized carbons (Fsp3) is 0.724. The maximum Gasteiger partial charge on any atom is 0.0798 e. The normalized spacial score (nSPS) is 12.4. The summed E-state index contributed by atoms with van der Waals surface area (Å²) in [6.45, 7) is 27.1. The number of likely N-dealkylation sites (N-methyl/N-ethyl adjacent to an activating group) is 4. The zero-order valence-corrected chi connectivity index (χ0v) is 28.6. The van der Waals surface area contributed by atoms with Gasteiger partial charge >= 0.3 is 0 Å². The van der Waals surface area contributed by atoms with Crippen LogP contribution in [-0.2, 0) is 10.8 Å². The summed E-state index contributed by atoms with van der Waals surface area (Å²) in [4.78, 5) is 9.25. The van der Waals surface area contributed by atoms with Crippen molar-refractivity contribution in [2.45, 2.75) is 73.1 Å². The second-order valence-corrected chi connectivity index (χ2v) is 13.7. The second kappa shape index (κ2) is 14.1. The summed E-state index contributed by atoms with van der Waals surface area (Å²) in [5, 5.41) is 0. The molecule has 0 spiro atoms. The highest BCUT2D eigenvalue weighted by atomic mass is 32.1. The van der Waals surface area contributed by atoms with Crippen molar-refractivity contribution >= 4 is 60.2 Å². The van der Waals surface area contributed by atoms with Gasteiger partial charge in [0, 0.05) is 51.4 Å². The quantitative estimate of drug-likeness (QED) is 0.246. The Morgan fingerprint density at radius 2 is 0.865 bits per heavy atom. The van der Waals surface area contributed by atoms with Crippen LogP contribution in [0.4, 0.5) is 11.4 Å². The molecule has 2 rings (SSSR count). The highest BCUT2D eigenvalue weighted by molar-refractivity contribution is 7.74. The summed E-state index contributed by atoms with van der Waals surface area (Å²) in [6, 6.07) is 0. The van der Waals surface area contributed by atoms with Crippen molar-refractivity contribution < 1.29 is 0 Å². The lowest BCUT2D eigenvalue weighted by atomic mass is 9.83. The Hall–Kier alpha value is -0.640. The highest BCUT2D eigenvalue weighted by Crippen LogP contribution is 2.39. The van der Waals surface area contributed by atoms with E-state index in [2.05, 4.69) is 103 Å². The predicted molar refractivity (Wildman–Crippen MR) is 176 cm³/mol. The lowest BCUT2D eigenvalue weighted by molar-refractivity contribution is 0.311. The van der Waals surface area contributed by atoms with Crippen molar-refractivity contribution in [3.63, 3.8) is 0 Å². The molecule has 0 aliphatic carbocycles. The van der Waals surface area contributed by atoms with Crippen molar-refractivity contribution in [2.24, 2.45) is 0 Å². The van der Waals surface area contributed by atoms with Gasteiger partial charge in [-0.2, -0.15) is 0 Å². The van der Waals surface area contributed by atoms with E-state index < -0.39 is 0 Å². The summed E-state index contributed by atoms with van der Waals surface area (Å²) in [7, 11) is 6.37. The van der Waals surface area contributed by atoms with Gasteiger partial charge in [0.05, 0.1) is 29.4 Å². The van der Waals surface area contributed by atoms with E-state index in [0.29, 0.717) is 0 Å². The summed E-state index contributed by atoms with van der Waals surface area (Å²) in [5.41, 5.74) is 5.06. The van der Waals surface area contributed by atoms with Crippen LogP contribution in [0.5, 0.6) is 0 Å². The summed E-state index contributed by atoms with van der Waals surface area (Å²) in [6.07, 6.45) is 0. The molecule has 0 aliphatic heterocycles. The van der Waals surface area contributed by atoms with Crippen molar-refractivity contribution in [3.8, 4) is 0 Å². The first kappa shape index (κ1) is 34.4. The molecule has 2 aromatic carbocycles. The van der Waals surface area contributed by atoms with E-state index in [4.69, 9.17) is 48.9 Å². The van der Waals surface area contributed by atoms with Crippen LogP contribution in [-0.4, -0.2) is 76.8 Å². The lowest BCUT2D eigenvalue weighted by Gasteiger charge is -2.33. The third kappa shape index (κ3) is 8.67. The molecular formula is C29H50N4S4. The molecule has 210 valence electrons. The molecule has 0 bridgehead atoms. The Balaban J connectivity index is 0.000000371. The molecule has 0 aliphatic rings. The molecule has 0 amide bonds. The van der Waals surface area contributed by atoms with E-state index >= 15 is 0 Å². The van der Waals surface area contributed by atoms with E-state index in [0.717, 1.165) is 63.9 Å². The second-order valence-electron chi connectivity index (χ2n) is 12.0. The van der Waals surface area contributed by atoms with Crippen molar-refractivity contribution in [1.29, 1.82) is 0 Å². The first-order chi connectivity index (χ1) is 16.9. The van der Waals surface area contributed by atoms with E-state index in [1.54, 1.807) is 0 Å². The molecule has 8 heteroatoms. The number of nitrogens with zero attached hydrogens (tertiary/aromatic N) is 4. The Morgan fingerprint density at radius 1 is 0.514 bits per heavy atom. The zero-order chi connectivity index (χ0) is 28.9. The van der Waals surface area contributed by atoms with Gasteiger partial charge in [0.15, 0.2) is 0 Å². The fourth-order valence-electron chi connectivity index (χ4n) is 4.41. The van der Waals surface area contributed by atoms with Gasteiger partial charge in [-0.1, -0.05) is 111 Å². The minimum Gasteiger partial charge on any atom is -0.372 e. The third-order valence-corrected chi connectivity index (χ3v) is 8.91. The topological polar surface area (TPSA) is 13.0 Å². The Bertz CT molecular complexity index is 1150. The van der Waals surface area contributed by atoms with Crippen LogP contribution in [0, 0.1) is 18.0 Å². The molecule has 37 heavy (non-hydrogen) atoms. The van der Waals surface area contributed by atoms with Crippen LogP contribution in [0.2, 0.25) is 0 Å². The van der Waals surface area contributed by atoms with Gasteiger partial charge in [-0.25, -0.2) is 0 Å². The average Bonchev–Trinajstić information content (AvgIpc) is 2.81. The highest BCUT2D eigenvalue weighted by Gasteiger charge is 2.28. The third-order valence-electron chi connectivity index (χ3n) is 7.04. The monoisotopic (exact) mass is 582 g/mol. The van der Waals surface area contributed by atoms with Gasteiger partial charge in [-0.3, -0.25) is 0 Å². The van der Waals surface area contributed by atoms with E-state index in [-0.39, 0.29) is 10.8 Å². The number of hydrogen-bond acceptors (Lipinski definition) is 8. The van der Waals surface area contributed by atoms with Crippen LogP contribution in [0.15, 0.2) is 0 Å². The minimum absolute atomic E-state index is 0.0815. The summed E-state index contributed by atoms with van der Waals surface area (Å²) in [5.74, 6) is 0. The van der Waals surface area contributed by atoms with Crippen LogP contribution in [0.1, 0.15) is 73.4 Å². The van der Waals surface area contributed by atoms with E-state index in [9.17, 15) is 0 Å². The number of hydrogen-bond donors (Lipinski definition) is 0. The predicted octanol–water partition coefficient (Wildman–Crippen LogP) is 7.80. The first-order valence-electron chi connectivity index (χ1n) is 13.4. The van der Waals surface area contributed by atoms with E-state index in [1.807, 2.05) is 0 Å². The van der Waals surface area contributed by atoms with Crippen LogP contribution in [0.3, 0.4) is 0 Å². The first-order valence-corrected chi connectivity index (χ1v) is 15.1. The van der Waals surface area contributed by atoms with Gasteiger partial charge in [0.1, 0.15) is 0 Å². The Kier molecular flexibility index (Phi) is 13.1. The minimum atomic E-state index is 0.0815. The molecule has 0 atom stereocenters. The molecule has 0 radical (unpaired) electrons. The summed E-state index contributed by atoms with van der Waals surface area (Å²) >= 11 is 21.6. The maximum absolute atomic E-state index is 5.43. The van der Waals surface area contributed by atoms with Crippen LogP contribution in [0.25, 0.3) is 0 Å². The van der Waals surface area contributed by atoms with Gasteiger partial charge in [0.25, 0.3) is 0 Å². The van der Waals surface area contributed by atoms with Gasteiger partial charge in [-0.05, 0) is 37.5 Å². The SMILES string of the molecule is CCN(C)CCN(C)c1c(C(C)(C)C)c(=S)c1=S.CCN(CC)CCN(C)c1c(C(C)(C)C)c(=S)c1=S. The van der Waals surface area contributed by atoms with Crippen molar-refractivity contribution in [3.05, 3.63) is 29.2 Å². The molecule has 0 heterocycles. The van der Waals surface area contributed by atoms with Gasteiger partial charge in [0.2, 0.25) is 0 Å². The molecule has 0 saturated carbocycles. The lowest BCUT2D eigenvalue weighted by Crippen LogP contribution is -2.35. The molecule has 4 nitrogen and oxygen atoms in total. The molecule has 0 N–H and O–H groups in total. The maximum atomic E-state index is 5.43. The van der Waals surface area contributed by atoms with Gasteiger partial charge in [-0.15, -0.1) is 0 Å². The molecule has 2 aromatic rings. The standard InChI is InChI=1S/C15H26N2S2.C14H24N2S2/c1-7-17(8-2)10-9-16(6)12-11(15(3,4)5)13(18)14(12)19;1-7-15(5)8-9-16(6)11-10(14(2,3)4)12(17)13(11)18/h7-10H2,1-6H3;7-9H2,1-6H3. The van der Waals surface area contributed by atoms with Crippen LogP contribution < -0.4 is 9.80 Å². The number of anilines is 2. The van der Waals surface area contributed by atoms with E-state index in [1.165, 1.54) is 22.5 Å². The molecule has 0 aromatic heterocycles. The smallest absolute Gasteiger partial charge is 0.0798 e. The number of rotatable bonds is 11. The molecular weight excluding hydrogens is 533 g/mol. The van der Waals surface area contributed by atoms with Crippen molar-refractivity contribution in [2.75, 3.05) is 76.8 Å². The average molecular weight is 583 g/mol. The molecule has 0 unspecified atom stereocenters. The Labute approximate surface area is 248 Å². The zero-order valence-electron chi connectivity index (χ0n) is 25.4. The molecule has 0 fully saturated rings. The molecule has 0 saturated heterocycles. The summed E-state index contributed by atoms with van der Waals surface area (Å²) < 4.78 is 3.54. The van der Waals surface area contributed by atoms with Crippen LogP contribution >= 0.6 is 48.9 Å². The Morgan fingerprint density at radius 3 is 1.16 bits per heavy atom. The largest absolute Gasteiger partial charge is 0.372 e. The van der Waals surface area contributed by atoms with Gasteiger partial charge < -0.3 is 19.6 Å². The van der Waals surface area contributed by atoms with Crippen molar-refractivity contribution in [1.82, 2.24) is 9.80 Å².